The molecule has 1 aromatic carbocycles. The van der Waals surface area contributed by atoms with E-state index in [1.54, 1.807) is 12.1 Å². The lowest BCUT2D eigenvalue weighted by molar-refractivity contribution is -0.892. The predicted octanol–water partition coefficient (Wildman–Crippen LogP) is -1.04. The van der Waals surface area contributed by atoms with Crippen LogP contribution in [0.4, 0.5) is 5.69 Å². The molecule has 3 rings (SSSR count). The van der Waals surface area contributed by atoms with Gasteiger partial charge >= 0.3 is 0 Å². The summed E-state index contributed by atoms with van der Waals surface area (Å²) in [6.45, 7) is 7.19. The summed E-state index contributed by atoms with van der Waals surface area (Å²) in [7, 11) is 0. The Morgan fingerprint density at radius 1 is 1.09 bits per heavy atom. The number of ether oxygens (including phenoxy) is 1. The number of anilines is 1. The van der Waals surface area contributed by atoms with Crippen LogP contribution >= 0.6 is 0 Å². The van der Waals surface area contributed by atoms with Gasteiger partial charge in [0.05, 0.1) is 39.4 Å². The van der Waals surface area contributed by atoms with Crippen LogP contribution in [-0.2, 0) is 9.53 Å². The smallest absolute Gasteiger partial charge is 0.277 e. The highest BCUT2D eigenvalue weighted by atomic mass is 16.5. The van der Waals surface area contributed by atoms with Crippen molar-refractivity contribution in [1.82, 2.24) is 4.90 Å². The lowest BCUT2D eigenvalue weighted by Crippen LogP contribution is -3.16. The fourth-order valence-corrected chi connectivity index (χ4v) is 3.06. The maximum absolute atomic E-state index is 12.3. The third-order valence-electron chi connectivity index (χ3n) is 4.45. The number of morpholine rings is 1. The fraction of sp³-hybridized carbons (Fsp3) is 0.562. The van der Waals surface area contributed by atoms with Gasteiger partial charge in [-0.1, -0.05) is 0 Å². The van der Waals surface area contributed by atoms with E-state index in [-0.39, 0.29) is 5.91 Å². The molecular weight excluding hydrogens is 282 g/mol. The van der Waals surface area contributed by atoms with Crippen molar-refractivity contribution in [1.29, 1.82) is 0 Å². The molecule has 0 saturated carbocycles. The molecule has 6 nitrogen and oxygen atoms in total. The highest BCUT2D eigenvalue weighted by Gasteiger charge is 2.25. The van der Waals surface area contributed by atoms with Crippen molar-refractivity contribution in [2.24, 2.45) is 0 Å². The Balaban J connectivity index is 1.47. The van der Waals surface area contributed by atoms with Gasteiger partial charge in [0, 0.05) is 18.8 Å². The largest absolute Gasteiger partial charge is 0.508 e. The lowest BCUT2D eigenvalue weighted by atomic mass is 10.2. The first kappa shape index (κ1) is 15.1. The van der Waals surface area contributed by atoms with Crippen LogP contribution in [0.25, 0.3) is 0 Å². The first-order chi connectivity index (χ1) is 10.7. The second kappa shape index (κ2) is 6.98. The van der Waals surface area contributed by atoms with Gasteiger partial charge < -0.3 is 24.5 Å². The Labute approximate surface area is 130 Å². The highest BCUT2D eigenvalue weighted by Crippen LogP contribution is 2.18. The van der Waals surface area contributed by atoms with E-state index >= 15 is 0 Å². The number of aromatic hydroxyl groups is 1. The van der Waals surface area contributed by atoms with Crippen LogP contribution in [0.15, 0.2) is 24.3 Å². The van der Waals surface area contributed by atoms with Crippen molar-refractivity contribution in [3.05, 3.63) is 24.3 Å². The van der Waals surface area contributed by atoms with Crippen molar-refractivity contribution in [3.8, 4) is 5.75 Å². The third-order valence-corrected chi connectivity index (χ3v) is 4.45. The van der Waals surface area contributed by atoms with Crippen LogP contribution < -0.4 is 9.80 Å². The molecule has 0 aliphatic carbocycles. The summed E-state index contributed by atoms with van der Waals surface area (Å²) in [5, 5.41) is 9.35. The topological polar surface area (TPSA) is 57.5 Å². The molecule has 2 saturated heterocycles. The molecule has 1 amide bonds. The molecule has 0 spiro atoms. The number of benzene rings is 1. The Kier molecular flexibility index (Phi) is 4.80. The lowest BCUT2D eigenvalue weighted by Gasteiger charge is -2.34. The van der Waals surface area contributed by atoms with E-state index in [4.69, 9.17) is 4.74 Å². The summed E-state index contributed by atoms with van der Waals surface area (Å²) < 4.78 is 5.29. The van der Waals surface area contributed by atoms with E-state index in [1.165, 1.54) is 4.90 Å². The van der Waals surface area contributed by atoms with Crippen LogP contribution in [0.5, 0.6) is 5.75 Å². The van der Waals surface area contributed by atoms with Gasteiger partial charge in [-0.25, -0.2) is 0 Å². The Morgan fingerprint density at radius 2 is 1.73 bits per heavy atom. The van der Waals surface area contributed by atoms with Crippen LogP contribution in [0.2, 0.25) is 0 Å². The normalized spacial score (nSPS) is 20.2. The number of rotatable bonds is 3. The van der Waals surface area contributed by atoms with Crippen molar-refractivity contribution in [3.63, 3.8) is 0 Å². The Hall–Kier alpha value is -1.79. The van der Waals surface area contributed by atoms with E-state index in [2.05, 4.69) is 4.90 Å². The number of hydrogen-bond acceptors (Lipinski definition) is 4. The summed E-state index contributed by atoms with van der Waals surface area (Å²) >= 11 is 0. The summed E-state index contributed by atoms with van der Waals surface area (Å²) in [6.07, 6.45) is 0. The molecule has 2 fully saturated rings. The monoisotopic (exact) mass is 306 g/mol. The number of phenolic OH excluding ortho intramolecular Hbond substituents is 1. The second-order valence-corrected chi connectivity index (χ2v) is 5.92. The summed E-state index contributed by atoms with van der Waals surface area (Å²) in [6, 6.07) is 7.32. The summed E-state index contributed by atoms with van der Waals surface area (Å²) in [5.41, 5.74) is 1.14. The molecule has 0 atom stereocenters. The predicted molar refractivity (Wildman–Crippen MR) is 83.3 cm³/mol. The summed E-state index contributed by atoms with van der Waals surface area (Å²) in [5.74, 6) is 0.542. The number of piperazine rings is 1. The van der Waals surface area contributed by atoms with Gasteiger partial charge in [0.1, 0.15) is 5.75 Å². The molecule has 22 heavy (non-hydrogen) atoms. The van der Waals surface area contributed by atoms with Gasteiger partial charge in [0.15, 0.2) is 6.54 Å². The third kappa shape index (κ3) is 3.69. The number of phenols is 1. The zero-order valence-electron chi connectivity index (χ0n) is 12.8. The van der Waals surface area contributed by atoms with Crippen molar-refractivity contribution in [2.45, 2.75) is 0 Å². The van der Waals surface area contributed by atoms with Gasteiger partial charge in [0.2, 0.25) is 0 Å². The number of carbonyl (C=O) groups is 1. The molecule has 2 N–H and O–H groups in total. The zero-order chi connectivity index (χ0) is 15.4. The highest BCUT2D eigenvalue weighted by molar-refractivity contribution is 5.77. The van der Waals surface area contributed by atoms with Gasteiger partial charge in [-0.05, 0) is 24.3 Å². The zero-order valence-corrected chi connectivity index (χ0v) is 12.8. The number of amides is 1. The Bertz CT molecular complexity index is 492. The number of quaternary nitrogens is 1. The van der Waals surface area contributed by atoms with Gasteiger partial charge in [0.25, 0.3) is 5.91 Å². The van der Waals surface area contributed by atoms with E-state index in [9.17, 15) is 9.90 Å². The molecule has 6 heteroatoms. The number of nitrogens with zero attached hydrogens (tertiary/aromatic N) is 2. The molecule has 2 aliphatic rings. The van der Waals surface area contributed by atoms with Crippen LogP contribution in [0, 0.1) is 0 Å². The minimum Gasteiger partial charge on any atom is -0.508 e. The van der Waals surface area contributed by atoms with E-state index in [1.807, 2.05) is 17.0 Å². The van der Waals surface area contributed by atoms with Gasteiger partial charge in [-0.2, -0.15) is 0 Å². The first-order valence-corrected chi connectivity index (χ1v) is 7.95. The maximum atomic E-state index is 12.3. The maximum Gasteiger partial charge on any atom is 0.277 e. The SMILES string of the molecule is O=C(C[NH+]1CCN(c2ccc(O)cc2)CC1)N1CCOCC1. The standard InChI is InChI=1S/C16H23N3O3/c20-15-3-1-14(2-4-15)18-7-5-17(6-8-18)13-16(21)19-9-11-22-12-10-19/h1-4,20H,5-13H2/p+1. The number of carbonyl (C=O) groups excluding carboxylic acids is 1. The second-order valence-electron chi connectivity index (χ2n) is 5.92. The molecule has 2 heterocycles. The quantitative estimate of drug-likeness (QED) is 0.749. The average Bonchev–Trinajstić information content (AvgIpc) is 2.57. The molecular formula is C16H24N3O3+. The fourth-order valence-electron chi connectivity index (χ4n) is 3.06. The van der Waals surface area contributed by atoms with Crippen molar-refractivity contribution in [2.75, 3.05) is 63.9 Å². The van der Waals surface area contributed by atoms with Crippen LogP contribution in [-0.4, -0.2) is 74.9 Å². The van der Waals surface area contributed by atoms with Gasteiger partial charge in [-0.3, -0.25) is 4.79 Å². The van der Waals surface area contributed by atoms with Crippen LogP contribution in [0.1, 0.15) is 0 Å². The molecule has 0 aromatic heterocycles. The van der Waals surface area contributed by atoms with Crippen molar-refractivity contribution >= 4 is 11.6 Å². The van der Waals surface area contributed by atoms with Gasteiger partial charge in [-0.15, -0.1) is 0 Å². The van der Waals surface area contributed by atoms with Crippen molar-refractivity contribution < 1.29 is 19.5 Å². The van der Waals surface area contributed by atoms with E-state index < -0.39 is 0 Å². The molecule has 120 valence electrons. The molecule has 2 aliphatic heterocycles. The molecule has 0 radical (unpaired) electrons. The first-order valence-electron chi connectivity index (χ1n) is 7.95. The Morgan fingerprint density at radius 3 is 2.36 bits per heavy atom. The number of nitrogens with one attached hydrogen (secondary N) is 1. The summed E-state index contributed by atoms with van der Waals surface area (Å²) in [4.78, 5) is 17.8. The molecule has 1 aromatic rings. The van der Waals surface area contributed by atoms with E-state index in [0.29, 0.717) is 25.5 Å². The molecule has 0 unspecified atom stereocenters. The minimum atomic E-state index is 0.247. The van der Waals surface area contributed by atoms with E-state index in [0.717, 1.165) is 45.0 Å². The number of hydrogen-bond donors (Lipinski definition) is 2. The molecule has 0 bridgehead atoms. The average molecular weight is 306 g/mol. The minimum absolute atomic E-state index is 0.247. The van der Waals surface area contributed by atoms with Crippen LogP contribution in [0.3, 0.4) is 0 Å².